The van der Waals surface area contributed by atoms with E-state index in [-0.39, 0.29) is 17.9 Å². The van der Waals surface area contributed by atoms with Gasteiger partial charge in [0.1, 0.15) is 0 Å². The quantitative estimate of drug-likeness (QED) is 0.663. The molecule has 0 aromatic rings. The van der Waals surface area contributed by atoms with Crippen LogP contribution in [0.3, 0.4) is 0 Å². The highest BCUT2D eigenvalue weighted by atomic mass is 16.1. The van der Waals surface area contributed by atoms with Gasteiger partial charge in [-0.1, -0.05) is 0 Å². The Kier molecular flexibility index (Phi) is 4.64. The molecule has 0 spiro atoms. The summed E-state index contributed by atoms with van der Waals surface area (Å²) >= 11 is 0. The van der Waals surface area contributed by atoms with E-state index < -0.39 is 6.04 Å². The van der Waals surface area contributed by atoms with Crippen LogP contribution in [0.15, 0.2) is 0 Å². The van der Waals surface area contributed by atoms with Crippen molar-refractivity contribution in [3.05, 3.63) is 0 Å². The number of hydrogen-bond acceptors (Lipinski definition) is 3. The second kappa shape index (κ2) is 4.98. The van der Waals surface area contributed by atoms with E-state index in [0.29, 0.717) is 0 Å². The Morgan fingerprint density at radius 3 is 1.69 bits per heavy atom. The average Bonchev–Trinajstić information content (AvgIpc) is 1.97. The van der Waals surface area contributed by atoms with E-state index in [2.05, 4.69) is 0 Å². The van der Waals surface area contributed by atoms with Gasteiger partial charge in [-0.2, -0.15) is 5.26 Å². The Hall–Kier alpha value is -0.880. The maximum Gasteiger partial charge on any atom is 0.161 e. The number of carbonyl (C=O) groups excluding carboxylic acids is 1. The monoisotopic (exact) mass is 182 g/mol. The van der Waals surface area contributed by atoms with Crippen LogP contribution in [0.25, 0.3) is 0 Å². The van der Waals surface area contributed by atoms with Crippen LogP contribution in [0.2, 0.25) is 0 Å². The second-order valence-electron chi connectivity index (χ2n) is 3.78. The number of carbonyl (C=O) groups is 1. The van der Waals surface area contributed by atoms with E-state index in [0.717, 1.165) is 0 Å². The lowest BCUT2D eigenvalue weighted by Crippen LogP contribution is -2.47. The summed E-state index contributed by atoms with van der Waals surface area (Å²) in [4.78, 5) is 13.1. The van der Waals surface area contributed by atoms with Gasteiger partial charge >= 0.3 is 0 Å². The summed E-state index contributed by atoms with van der Waals surface area (Å²) in [5.74, 6) is -0.0788. The molecule has 0 saturated carbocycles. The minimum absolute atomic E-state index is 0.0788. The SMILES string of the molecule is CC(=O)[C@H](C#N)N(C(C)C)C(C)C. The van der Waals surface area contributed by atoms with Gasteiger partial charge in [0.05, 0.1) is 6.07 Å². The lowest BCUT2D eigenvalue weighted by molar-refractivity contribution is -0.121. The summed E-state index contributed by atoms with van der Waals surface area (Å²) in [6.45, 7) is 9.44. The number of nitriles is 1. The van der Waals surface area contributed by atoms with Crippen molar-refractivity contribution in [1.29, 1.82) is 5.26 Å². The van der Waals surface area contributed by atoms with Gasteiger partial charge in [-0.25, -0.2) is 0 Å². The molecule has 0 aliphatic heterocycles. The van der Waals surface area contributed by atoms with E-state index in [1.165, 1.54) is 6.92 Å². The van der Waals surface area contributed by atoms with E-state index in [1.807, 2.05) is 38.7 Å². The van der Waals surface area contributed by atoms with Crippen molar-refractivity contribution in [1.82, 2.24) is 4.90 Å². The van der Waals surface area contributed by atoms with Gasteiger partial charge < -0.3 is 0 Å². The Morgan fingerprint density at radius 2 is 1.62 bits per heavy atom. The van der Waals surface area contributed by atoms with Gasteiger partial charge in [0.15, 0.2) is 11.8 Å². The van der Waals surface area contributed by atoms with Gasteiger partial charge in [-0.3, -0.25) is 9.69 Å². The van der Waals surface area contributed by atoms with Gasteiger partial charge in [0.2, 0.25) is 0 Å². The summed E-state index contributed by atoms with van der Waals surface area (Å²) in [6, 6.07) is 1.88. The van der Waals surface area contributed by atoms with Crippen molar-refractivity contribution in [3.8, 4) is 6.07 Å². The zero-order valence-electron chi connectivity index (χ0n) is 9.03. The summed E-state index contributed by atoms with van der Waals surface area (Å²) in [5.41, 5.74) is 0. The van der Waals surface area contributed by atoms with Gasteiger partial charge in [0, 0.05) is 12.1 Å². The predicted octanol–water partition coefficient (Wildman–Crippen LogP) is 1.59. The van der Waals surface area contributed by atoms with Crippen molar-refractivity contribution < 1.29 is 4.79 Å². The molecule has 13 heavy (non-hydrogen) atoms. The number of ketones is 1. The molecule has 74 valence electrons. The van der Waals surface area contributed by atoms with Crippen molar-refractivity contribution in [2.24, 2.45) is 0 Å². The molecule has 0 rings (SSSR count). The molecular formula is C10H18N2O. The molecule has 1 atom stereocenters. The fourth-order valence-electron chi connectivity index (χ4n) is 1.56. The minimum Gasteiger partial charge on any atom is -0.297 e. The van der Waals surface area contributed by atoms with Crippen LogP contribution in [0, 0.1) is 11.3 Å². The average molecular weight is 182 g/mol. The molecule has 0 fully saturated rings. The van der Waals surface area contributed by atoms with Crippen LogP contribution in [0.1, 0.15) is 34.6 Å². The van der Waals surface area contributed by atoms with Crippen LogP contribution < -0.4 is 0 Å². The Labute approximate surface area is 80.3 Å². The molecule has 0 aliphatic rings. The van der Waals surface area contributed by atoms with Gasteiger partial charge in [-0.15, -0.1) is 0 Å². The molecule has 0 aromatic carbocycles. The molecule has 0 unspecified atom stereocenters. The smallest absolute Gasteiger partial charge is 0.161 e. The van der Waals surface area contributed by atoms with Crippen LogP contribution >= 0.6 is 0 Å². The van der Waals surface area contributed by atoms with Crippen molar-refractivity contribution in [2.45, 2.75) is 52.7 Å². The fraction of sp³-hybridized carbons (Fsp3) is 0.800. The highest BCUT2D eigenvalue weighted by molar-refractivity contribution is 5.84. The zero-order valence-corrected chi connectivity index (χ0v) is 9.03. The molecular weight excluding hydrogens is 164 g/mol. The molecule has 3 heteroatoms. The number of hydrogen-bond donors (Lipinski definition) is 0. The first-order valence-corrected chi connectivity index (χ1v) is 4.59. The fourth-order valence-corrected chi connectivity index (χ4v) is 1.56. The molecule has 0 radical (unpaired) electrons. The molecule has 0 bridgehead atoms. The molecule has 3 nitrogen and oxygen atoms in total. The third-order valence-corrected chi connectivity index (χ3v) is 2.00. The molecule has 0 saturated heterocycles. The Balaban J connectivity index is 4.72. The maximum absolute atomic E-state index is 11.2. The van der Waals surface area contributed by atoms with Crippen molar-refractivity contribution >= 4 is 5.78 Å². The third kappa shape index (κ3) is 3.16. The third-order valence-electron chi connectivity index (χ3n) is 2.00. The summed E-state index contributed by atoms with van der Waals surface area (Å²) in [5, 5.41) is 8.85. The largest absolute Gasteiger partial charge is 0.297 e. The maximum atomic E-state index is 11.2. The van der Waals surface area contributed by atoms with Crippen LogP contribution in [-0.4, -0.2) is 28.8 Å². The molecule has 0 amide bonds. The standard InChI is InChI=1S/C10H18N2O/c1-7(2)12(8(3)4)10(6-11)9(5)13/h7-8,10H,1-5H3/t10-/m0/s1. The first-order chi connectivity index (χ1) is 5.91. The molecule has 0 heterocycles. The van der Waals surface area contributed by atoms with Gasteiger partial charge in [0.25, 0.3) is 0 Å². The second-order valence-corrected chi connectivity index (χ2v) is 3.78. The zero-order chi connectivity index (χ0) is 10.6. The highest BCUT2D eigenvalue weighted by Gasteiger charge is 2.26. The van der Waals surface area contributed by atoms with E-state index in [4.69, 9.17) is 5.26 Å². The number of rotatable bonds is 4. The Morgan fingerprint density at radius 1 is 1.23 bits per heavy atom. The van der Waals surface area contributed by atoms with E-state index in [9.17, 15) is 4.79 Å². The lowest BCUT2D eigenvalue weighted by Gasteiger charge is -2.32. The topological polar surface area (TPSA) is 44.1 Å². The van der Waals surface area contributed by atoms with E-state index >= 15 is 0 Å². The minimum atomic E-state index is -0.597. The van der Waals surface area contributed by atoms with Crippen LogP contribution in [-0.2, 0) is 4.79 Å². The highest BCUT2D eigenvalue weighted by Crippen LogP contribution is 2.10. The normalized spacial score (nSPS) is 13.5. The molecule has 0 aliphatic carbocycles. The summed E-state index contributed by atoms with van der Waals surface area (Å²) < 4.78 is 0. The summed E-state index contributed by atoms with van der Waals surface area (Å²) in [6.07, 6.45) is 0. The lowest BCUT2D eigenvalue weighted by atomic mass is 10.1. The van der Waals surface area contributed by atoms with E-state index in [1.54, 1.807) is 0 Å². The predicted molar refractivity (Wildman–Crippen MR) is 52.2 cm³/mol. The summed E-state index contributed by atoms with van der Waals surface area (Å²) in [7, 11) is 0. The van der Waals surface area contributed by atoms with Crippen molar-refractivity contribution in [2.75, 3.05) is 0 Å². The van der Waals surface area contributed by atoms with Crippen LogP contribution in [0.4, 0.5) is 0 Å². The molecule has 0 N–H and O–H groups in total. The first-order valence-electron chi connectivity index (χ1n) is 4.59. The van der Waals surface area contributed by atoms with Crippen molar-refractivity contribution in [3.63, 3.8) is 0 Å². The van der Waals surface area contributed by atoms with Gasteiger partial charge in [-0.05, 0) is 34.6 Å². The Bertz CT molecular complexity index is 207. The van der Waals surface area contributed by atoms with Crippen LogP contribution in [0.5, 0.6) is 0 Å². The first kappa shape index (κ1) is 12.1. The number of nitrogens with zero attached hydrogens (tertiary/aromatic N) is 2. The number of Topliss-reactive ketones (excluding diaryl/α,β-unsaturated/α-hetero) is 1. The molecule has 0 aromatic heterocycles.